The molecule has 0 aromatic heterocycles. The molecule has 1 rings (SSSR count). The zero-order valence-electron chi connectivity index (χ0n) is 6.72. The first-order valence-electron chi connectivity index (χ1n) is 3.39. The number of methoxy groups -OCH3 is 1. The fraction of sp³-hybridized carbons (Fsp3) is 0.250. The third-order valence-electron chi connectivity index (χ3n) is 1.49. The van der Waals surface area contributed by atoms with E-state index in [-0.39, 0.29) is 0 Å². The van der Waals surface area contributed by atoms with Crippen LogP contribution in [0.5, 0.6) is 5.75 Å². The summed E-state index contributed by atoms with van der Waals surface area (Å²) in [5, 5.41) is 2.98. The Morgan fingerprint density at radius 2 is 2.18 bits per heavy atom. The molecule has 0 heterocycles. The SMILES string of the molecule is CNc1cc(N)ccc1OC. The number of nitrogens with one attached hydrogen (secondary N) is 1. The van der Waals surface area contributed by atoms with Crippen LogP contribution in [0.4, 0.5) is 11.4 Å². The van der Waals surface area contributed by atoms with Crippen molar-refractivity contribution in [1.82, 2.24) is 0 Å². The zero-order valence-corrected chi connectivity index (χ0v) is 6.72. The minimum absolute atomic E-state index is 0.732. The number of hydrogen-bond donors (Lipinski definition) is 2. The van der Waals surface area contributed by atoms with Gasteiger partial charge in [-0.05, 0) is 18.2 Å². The van der Waals surface area contributed by atoms with Crippen LogP contribution in [0.2, 0.25) is 0 Å². The summed E-state index contributed by atoms with van der Waals surface area (Å²) >= 11 is 0. The normalized spacial score (nSPS) is 9.27. The Morgan fingerprint density at radius 3 is 2.73 bits per heavy atom. The molecule has 3 N–H and O–H groups in total. The number of anilines is 2. The number of ether oxygens (including phenoxy) is 1. The summed E-state index contributed by atoms with van der Waals surface area (Å²) in [5.74, 6) is 0.807. The molecule has 3 heteroatoms. The molecule has 0 bridgehead atoms. The van der Waals surface area contributed by atoms with E-state index in [1.54, 1.807) is 13.2 Å². The molecular weight excluding hydrogens is 140 g/mol. The van der Waals surface area contributed by atoms with Gasteiger partial charge >= 0.3 is 0 Å². The monoisotopic (exact) mass is 152 g/mol. The third kappa shape index (κ3) is 1.55. The van der Waals surface area contributed by atoms with Crippen molar-refractivity contribution in [2.45, 2.75) is 0 Å². The Bertz CT molecular complexity index is 248. The summed E-state index contributed by atoms with van der Waals surface area (Å²) in [6.07, 6.45) is 0. The van der Waals surface area contributed by atoms with Crippen LogP contribution >= 0.6 is 0 Å². The van der Waals surface area contributed by atoms with Gasteiger partial charge in [0.15, 0.2) is 0 Å². The predicted molar refractivity (Wildman–Crippen MR) is 47.0 cm³/mol. The highest BCUT2D eigenvalue weighted by atomic mass is 16.5. The highest BCUT2D eigenvalue weighted by molar-refractivity contribution is 5.63. The maximum atomic E-state index is 5.56. The molecule has 1 aromatic rings. The smallest absolute Gasteiger partial charge is 0.142 e. The fourth-order valence-electron chi connectivity index (χ4n) is 0.921. The van der Waals surface area contributed by atoms with Gasteiger partial charge in [0.25, 0.3) is 0 Å². The molecule has 0 saturated carbocycles. The van der Waals surface area contributed by atoms with Crippen molar-refractivity contribution >= 4 is 11.4 Å². The van der Waals surface area contributed by atoms with Crippen molar-refractivity contribution in [1.29, 1.82) is 0 Å². The van der Waals surface area contributed by atoms with Gasteiger partial charge in [-0.25, -0.2) is 0 Å². The summed E-state index contributed by atoms with van der Waals surface area (Å²) in [4.78, 5) is 0. The maximum Gasteiger partial charge on any atom is 0.142 e. The number of nitrogens with two attached hydrogens (primary N) is 1. The molecule has 0 aliphatic carbocycles. The van der Waals surface area contributed by atoms with Crippen LogP contribution in [0, 0.1) is 0 Å². The third-order valence-corrected chi connectivity index (χ3v) is 1.49. The first-order chi connectivity index (χ1) is 5.27. The average Bonchev–Trinajstić information content (AvgIpc) is 2.04. The fourth-order valence-corrected chi connectivity index (χ4v) is 0.921. The van der Waals surface area contributed by atoms with Gasteiger partial charge in [0.05, 0.1) is 12.8 Å². The summed E-state index contributed by atoms with van der Waals surface area (Å²) in [6, 6.07) is 5.47. The highest BCUT2D eigenvalue weighted by Crippen LogP contribution is 2.25. The Hall–Kier alpha value is -1.38. The second-order valence-electron chi connectivity index (χ2n) is 2.21. The minimum Gasteiger partial charge on any atom is -0.495 e. The molecule has 11 heavy (non-hydrogen) atoms. The lowest BCUT2D eigenvalue weighted by molar-refractivity contribution is 0.417. The van der Waals surface area contributed by atoms with Crippen LogP contribution in [0.25, 0.3) is 0 Å². The zero-order chi connectivity index (χ0) is 8.27. The first-order valence-corrected chi connectivity index (χ1v) is 3.39. The Labute approximate surface area is 66.2 Å². The summed E-state index contributed by atoms with van der Waals surface area (Å²) in [5.41, 5.74) is 7.20. The van der Waals surface area contributed by atoms with E-state index in [0.717, 1.165) is 17.1 Å². The summed E-state index contributed by atoms with van der Waals surface area (Å²) in [6.45, 7) is 0. The Balaban J connectivity index is 3.06. The van der Waals surface area contributed by atoms with E-state index in [2.05, 4.69) is 5.32 Å². The molecule has 0 radical (unpaired) electrons. The van der Waals surface area contributed by atoms with E-state index >= 15 is 0 Å². The topological polar surface area (TPSA) is 47.3 Å². The average molecular weight is 152 g/mol. The highest BCUT2D eigenvalue weighted by Gasteiger charge is 1.98. The molecule has 0 unspecified atom stereocenters. The molecule has 0 saturated heterocycles. The van der Waals surface area contributed by atoms with Crippen LogP contribution in [0.15, 0.2) is 18.2 Å². The van der Waals surface area contributed by atoms with E-state index in [9.17, 15) is 0 Å². The molecule has 3 nitrogen and oxygen atoms in total. The minimum atomic E-state index is 0.732. The molecular formula is C8H12N2O. The lowest BCUT2D eigenvalue weighted by Gasteiger charge is -2.07. The van der Waals surface area contributed by atoms with Gasteiger partial charge in [-0.1, -0.05) is 0 Å². The van der Waals surface area contributed by atoms with Crippen molar-refractivity contribution in [2.24, 2.45) is 0 Å². The first kappa shape index (κ1) is 7.72. The van der Waals surface area contributed by atoms with Crippen LogP contribution in [-0.2, 0) is 0 Å². The van der Waals surface area contributed by atoms with Gasteiger partial charge < -0.3 is 15.8 Å². The molecule has 0 spiro atoms. The van der Waals surface area contributed by atoms with E-state index in [1.807, 2.05) is 19.2 Å². The lowest BCUT2D eigenvalue weighted by atomic mass is 10.2. The van der Waals surface area contributed by atoms with Crippen molar-refractivity contribution < 1.29 is 4.74 Å². The molecule has 0 atom stereocenters. The molecule has 60 valence electrons. The van der Waals surface area contributed by atoms with Crippen molar-refractivity contribution in [3.05, 3.63) is 18.2 Å². The quantitative estimate of drug-likeness (QED) is 0.628. The van der Waals surface area contributed by atoms with Crippen molar-refractivity contribution in [3.8, 4) is 5.75 Å². The number of rotatable bonds is 2. The van der Waals surface area contributed by atoms with Crippen LogP contribution in [0.3, 0.4) is 0 Å². The van der Waals surface area contributed by atoms with Crippen LogP contribution in [0.1, 0.15) is 0 Å². The maximum absolute atomic E-state index is 5.56. The van der Waals surface area contributed by atoms with E-state index < -0.39 is 0 Å². The Morgan fingerprint density at radius 1 is 1.45 bits per heavy atom. The Kier molecular flexibility index (Phi) is 2.21. The molecule has 0 aliphatic rings. The molecule has 0 fully saturated rings. The van der Waals surface area contributed by atoms with E-state index in [4.69, 9.17) is 10.5 Å². The van der Waals surface area contributed by atoms with Gasteiger partial charge in [-0.2, -0.15) is 0 Å². The largest absolute Gasteiger partial charge is 0.495 e. The number of nitrogen functional groups attached to an aromatic ring is 1. The lowest BCUT2D eigenvalue weighted by Crippen LogP contribution is -1.95. The molecule has 0 amide bonds. The van der Waals surface area contributed by atoms with Crippen molar-refractivity contribution in [2.75, 3.05) is 25.2 Å². The van der Waals surface area contributed by atoms with Gasteiger partial charge in [-0.3, -0.25) is 0 Å². The van der Waals surface area contributed by atoms with E-state index in [0.29, 0.717) is 0 Å². The number of benzene rings is 1. The van der Waals surface area contributed by atoms with Crippen molar-refractivity contribution in [3.63, 3.8) is 0 Å². The van der Waals surface area contributed by atoms with Gasteiger partial charge in [-0.15, -0.1) is 0 Å². The molecule has 0 aliphatic heterocycles. The van der Waals surface area contributed by atoms with Crippen LogP contribution in [-0.4, -0.2) is 14.2 Å². The van der Waals surface area contributed by atoms with E-state index in [1.165, 1.54) is 0 Å². The second-order valence-corrected chi connectivity index (χ2v) is 2.21. The van der Waals surface area contributed by atoms with Crippen LogP contribution < -0.4 is 15.8 Å². The van der Waals surface area contributed by atoms with Gasteiger partial charge in [0.2, 0.25) is 0 Å². The summed E-state index contributed by atoms with van der Waals surface area (Å²) < 4.78 is 5.07. The van der Waals surface area contributed by atoms with Gasteiger partial charge in [0, 0.05) is 12.7 Å². The predicted octanol–water partition coefficient (Wildman–Crippen LogP) is 1.32. The summed E-state index contributed by atoms with van der Waals surface area (Å²) in [7, 11) is 3.46. The number of hydrogen-bond acceptors (Lipinski definition) is 3. The standard InChI is InChI=1S/C8H12N2O/c1-10-7-5-6(9)3-4-8(7)11-2/h3-5,10H,9H2,1-2H3. The molecule has 1 aromatic carbocycles. The second kappa shape index (κ2) is 3.14. The van der Waals surface area contributed by atoms with Gasteiger partial charge in [0.1, 0.15) is 5.75 Å².